The fourth-order valence-corrected chi connectivity index (χ4v) is 5.46. The third-order valence-corrected chi connectivity index (χ3v) is 8.88. The number of hydrogen-bond acceptors (Lipinski definition) is 3. The van der Waals surface area contributed by atoms with Crippen LogP contribution in [0.15, 0.2) is 18.2 Å². The number of amides is 1. The molecule has 1 aliphatic rings. The van der Waals surface area contributed by atoms with Crippen LogP contribution in [0.4, 0.5) is 4.79 Å². The van der Waals surface area contributed by atoms with Crippen molar-refractivity contribution >= 4 is 37.4 Å². The summed E-state index contributed by atoms with van der Waals surface area (Å²) in [4.78, 5) is 24.3. The van der Waals surface area contributed by atoms with Crippen molar-refractivity contribution in [3.05, 3.63) is 43.9 Å². The van der Waals surface area contributed by atoms with E-state index in [1.807, 2.05) is 6.92 Å². The van der Waals surface area contributed by atoms with Gasteiger partial charge in [0.05, 0.1) is 12.5 Å². The summed E-state index contributed by atoms with van der Waals surface area (Å²) in [6, 6.07) is 3.35. The van der Waals surface area contributed by atoms with Crippen LogP contribution in [-0.4, -0.2) is 47.7 Å². The van der Waals surface area contributed by atoms with Gasteiger partial charge in [-0.15, -0.1) is 0 Å². The molecular weight excluding hydrogens is 383 g/mol. The Labute approximate surface area is 157 Å². The monoisotopic (exact) mass is 404 g/mol. The maximum absolute atomic E-state index is 11.8. The number of nitro groups is 1. The van der Waals surface area contributed by atoms with Crippen molar-refractivity contribution in [2.24, 2.45) is 0 Å². The van der Waals surface area contributed by atoms with Crippen molar-refractivity contribution in [2.75, 3.05) is 6.54 Å². The summed E-state index contributed by atoms with van der Waals surface area (Å²) < 4.78 is 0. The number of carboxylic acid groups (broad SMARTS) is 1. The van der Waals surface area contributed by atoms with Gasteiger partial charge in [-0.2, -0.15) is 0 Å². The van der Waals surface area contributed by atoms with Gasteiger partial charge in [-0.3, -0.25) is 15.0 Å². The summed E-state index contributed by atoms with van der Waals surface area (Å²) in [5, 5.41) is 22.1. The van der Waals surface area contributed by atoms with Gasteiger partial charge in [-0.1, -0.05) is 55.8 Å². The van der Waals surface area contributed by atoms with E-state index in [1.165, 1.54) is 4.90 Å². The van der Waals surface area contributed by atoms with Gasteiger partial charge in [0, 0.05) is 29.1 Å². The highest BCUT2D eigenvalue weighted by Gasteiger charge is 2.55. The predicted octanol–water partition coefficient (Wildman–Crippen LogP) is 4.81. The summed E-state index contributed by atoms with van der Waals surface area (Å²) in [5.74, 6) is -0.599. The average Bonchev–Trinajstić information content (AvgIpc) is 2.85. The third kappa shape index (κ3) is 3.93. The summed E-state index contributed by atoms with van der Waals surface area (Å²) >= 11 is 12.3. The van der Waals surface area contributed by atoms with Crippen LogP contribution in [-0.2, 0) is 0 Å². The van der Waals surface area contributed by atoms with Crippen molar-refractivity contribution in [1.82, 2.24) is 4.90 Å². The highest BCUT2D eigenvalue weighted by Crippen LogP contribution is 2.46. The summed E-state index contributed by atoms with van der Waals surface area (Å²) in [6.45, 7) is 8.27. The van der Waals surface area contributed by atoms with Gasteiger partial charge in [-0.25, -0.2) is 4.79 Å². The molecule has 1 heterocycles. The van der Waals surface area contributed by atoms with E-state index >= 15 is 0 Å². The molecule has 1 fully saturated rings. The minimum Gasteiger partial charge on any atom is -0.465 e. The normalized spacial score (nSPS) is 25.0. The van der Waals surface area contributed by atoms with Crippen LogP contribution in [0.2, 0.25) is 35.2 Å². The molecule has 4 unspecified atom stereocenters. The van der Waals surface area contributed by atoms with Crippen molar-refractivity contribution in [3.8, 4) is 0 Å². The maximum atomic E-state index is 11.8. The Hall–Kier alpha value is -1.31. The number of halogens is 2. The van der Waals surface area contributed by atoms with E-state index < -0.39 is 32.2 Å². The third-order valence-electron chi connectivity index (χ3n) is 5.24. The predicted molar refractivity (Wildman–Crippen MR) is 101 cm³/mol. The lowest BCUT2D eigenvalue weighted by Crippen LogP contribution is -2.46. The molecule has 25 heavy (non-hydrogen) atoms. The van der Waals surface area contributed by atoms with Crippen LogP contribution < -0.4 is 0 Å². The molecule has 1 aliphatic heterocycles. The first-order chi connectivity index (χ1) is 11.4. The van der Waals surface area contributed by atoms with Crippen LogP contribution in [0.3, 0.4) is 0 Å². The lowest BCUT2D eigenvalue weighted by molar-refractivity contribution is -0.521. The quantitative estimate of drug-likeness (QED) is 0.443. The van der Waals surface area contributed by atoms with E-state index in [4.69, 9.17) is 23.2 Å². The van der Waals surface area contributed by atoms with Crippen molar-refractivity contribution in [3.63, 3.8) is 0 Å². The zero-order chi connectivity index (χ0) is 19.1. The first-order valence-corrected chi connectivity index (χ1v) is 12.4. The van der Waals surface area contributed by atoms with Gasteiger partial charge in [-0.05, 0) is 23.2 Å². The molecule has 6 nitrogen and oxygen atoms in total. The molecule has 1 saturated heterocycles. The molecule has 0 aliphatic carbocycles. The van der Waals surface area contributed by atoms with Gasteiger partial charge < -0.3 is 5.11 Å². The highest BCUT2D eigenvalue weighted by atomic mass is 35.5. The van der Waals surface area contributed by atoms with E-state index in [2.05, 4.69) is 19.6 Å². The van der Waals surface area contributed by atoms with Gasteiger partial charge in [0.15, 0.2) is 0 Å². The number of hydrogen-bond donors (Lipinski definition) is 1. The van der Waals surface area contributed by atoms with Crippen molar-refractivity contribution in [2.45, 2.75) is 50.1 Å². The molecule has 1 amide bonds. The Bertz CT molecular complexity index is 695. The Balaban J connectivity index is 2.62. The molecule has 9 heteroatoms. The average molecular weight is 405 g/mol. The Kier molecular flexibility index (Phi) is 5.70. The van der Waals surface area contributed by atoms with E-state index in [9.17, 15) is 20.0 Å². The minimum atomic E-state index is -1.78. The van der Waals surface area contributed by atoms with Crippen molar-refractivity contribution < 1.29 is 14.8 Å². The number of carbonyl (C=O) groups is 1. The maximum Gasteiger partial charge on any atom is 0.407 e. The molecule has 4 atom stereocenters. The summed E-state index contributed by atoms with van der Waals surface area (Å²) in [6.07, 6.45) is -1.13. The molecule has 1 N–H and O–H groups in total. The fourth-order valence-electron chi connectivity index (χ4n) is 3.52. The van der Waals surface area contributed by atoms with Crippen LogP contribution in [0.1, 0.15) is 18.4 Å². The number of likely N-dealkylation sites (tertiary alicyclic amines) is 1. The molecule has 0 radical (unpaired) electrons. The van der Waals surface area contributed by atoms with Crippen LogP contribution in [0.25, 0.3) is 0 Å². The standard InChI is InChI=1S/C16H22Cl2N2O4Si/c1-9(25(2,3)4)15-14(11-6-5-10(17)7-12(11)18)13(20(23)24)8-19(15)16(21)22/h5-7,9,13-15H,8H2,1-4H3,(H,21,22). The van der Waals surface area contributed by atoms with Gasteiger partial charge in [0.25, 0.3) is 0 Å². The van der Waals surface area contributed by atoms with E-state index in [-0.39, 0.29) is 17.0 Å². The topological polar surface area (TPSA) is 83.7 Å². The molecule has 0 spiro atoms. The highest BCUT2D eigenvalue weighted by molar-refractivity contribution is 6.77. The molecule has 1 aromatic rings. The summed E-state index contributed by atoms with van der Waals surface area (Å²) in [7, 11) is -1.78. The van der Waals surface area contributed by atoms with E-state index in [0.29, 0.717) is 15.6 Å². The van der Waals surface area contributed by atoms with Crippen LogP contribution >= 0.6 is 23.2 Å². The minimum absolute atomic E-state index is 0.0188. The van der Waals surface area contributed by atoms with Crippen molar-refractivity contribution in [1.29, 1.82) is 0 Å². The fraction of sp³-hybridized carbons (Fsp3) is 0.562. The lowest BCUT2D eigenvalue weighted by atomic mass is 9.87. The molecular formula is C16H22Cl2N2O4Si. The Morgan fingerprint density at radius 3 is 2.44 bits per heavy atom. The molecule has 2 rings (SSSR count). The zero-order valence-corrected chi connectivity index (χ0v) is 17.1. The molecule has 1 aromatic carbocycles. The Morgan fingerprint density at radius 1 is 1.40 bits per heavy atom. The van der Waals surface area contributed by atoms with Crippen LogP contribution in [0, 0.1) is 10.1 Å². The smallest absolute Gasteiger partial charge is 0.407 e. The second-order valence-corrected chi connectivity index (χ2v) is 14.1. The second-order valence-electron chi connectivity index (χ2n) is 7.62. The lowest BCUT2D eigenvalue weighted by Gasteiger charge is -2.37. The van der Waals surface area contributed by atoms with Crippen LogP contribution in [0.5, 0.6) is 0 Å². The first kappa shape index (κ1) is 20.0. The number of nitrogens with zero attached hydrogens (tertiary/aromatic N) is 2. The van der Waals surface area contributed by atoms with E-state index in [1.54, 1.807) is 18.2 Å². The SMILES string of the molecule is CC(C1C(c2ccc(Cl)cc2Cl)C([N+](=O)[O-])CN1C(=O)O)[Si](C)(C)C. The van der Waals surface area contributed by atoms with Gasteiger partial charge in [0.2, 0.25) is 6.04 Å². The molecule has 0 saturated carbocycles. The molecule has 138 valence electrons. The molecule has 0 aromatic heterocycles. The van der Waals surface area contributed by atoms with E-state index in [0.717, 1.165) is 0 Å². The largest absolute Gasteiger partial charge is 0.465 e. The number of benzene rings is 1. The second kappa shape index (κ2) is 7.13. The summed E-state index contributed by atoms with van der Waals surface area (Å²) in [5.41, 5.74) is 0.608. The first-order valence-electron chi connectivity index (χ1n) is 8.03. The molecule has 0 bridgehead atoms. The Morgan fingerprint density at radius 2 is 2.00 bits per heavy atom. The van der Waals surface area contributed by atoms with Gasteiger partial charge in [0.1, 0.15) is 0 Å². The zero-order valence-electron chi connectivity index (χ0n) is 14.6. The number of rotatable bonds is 4. The van der Waals surface area contributed by atoms with Gasteiger partial charge >= 0.3 is 6.09 Å².